The Balaban J connectivity index is 2.20. The van der Waals surface area contributed by atoms with Gasteiger partial charge in [-0.15, -0.1) is 0 Å². The quantitative estimate of drug-likeness (QED) is 0.791. The van der Waals surface area contributed by atoms with Crippen molar-refractivity contribution < 1.29 is 9.50 Å². The van der Waals surface area contributed by atoms with Crippen LogP contribution in [0.1, 0.15) is 22.8 Å². The Hall–Kier alpha value is -0.710. The summed E-state index contributed by atoms with van der Waals surface area (Å²) in [5.74, 6) is -0.297. The molecule has 1 nitrogen and oxygen atoms in total. The number of rotatable bonds is 3. The first kappa shape index (κ1) is 14.7. The second kappa shape index (κ2) is 6.16. The summed E-state index contributed by atoms with van der Waals surface area (Å²) in [4.78, 5) is 0. The molecule has 1 N–H and O–H groups in total. The zero-order valence-corrected chi connectivity index (χ0v) is 13.5. The van der Waals surface area contributed by atoms with Crippen molar-refractivity contribution in [2.45, 2.75) is 19.4 Å². The molecule has 0 saturated heterocycles. The van der Waals surface area contributed by atoms with E-state index in [-0.39, 0.29) is 5.82 Å². The van der Waals surface area contributed by atoms with E-state index in [0.717, 1.165) is 21.2 Å². The third-order valence-electron chi connectivity index (χ3n) is 2.93. The van der Waals surface area contributed by atoms with E-state index >= 15 is 0 Å². The fourth-order valence-corrected chi connectivity index (χ4v) is 3.09. The van der Waals surface area contributed by atoms with Crippen LogP contribution in [0.25, 0.3) is 0 Å². The number of halogens is 3. The van der Waals surface area contributed by atoms with E-state index in [0.29, 0.717) is 10.9 Å². The van der Waals surface area contributed by atoms with Crippen LogP contribution in [-0.4, -0.2) is 5.11 Å². The molecule has 4 heteroatoms. The lowest BCUT2D eigenvalue weighted by atomic mass is 10.0. The van der Waals surface area contributed by atoms with Gasteiger partial charge in [0.1, 0.15) is 5.82 Å². The van der Waals surface area contributed by atoms with Gasteiger partial charge in [-0.1, -0.05) is 34.1 Å². The third-order valence-corrected chi connectivity index (χ3v) is 4.22. The molecule has 0 heterocycles. The molecule has 0 aromatic heterocycles. The summed E-state index contributed by atoms with van der Waals surface area (Å²) in [7, 11) is 0. The highest BCUT2D eigenvalue weighted by Gasteiger charge is 2.13. The highest BCUT2D eigenvalue weighted by molar-refractivity contribution is 9.10. The van der Waals surface area contributed by atoms with Crippen molar-refractivity contribution in [3.63, 3.8) is 0 Å². The van der Waals surface area contributed by atoms with Crippen LogP contribution in [0.4, 0.5) is 4.39 Å². The van der Waals surface area contributed by atoms with Gasteiger partial charge in [-0.25, -0.2) is 4.39 Å². The average Bonchev–Trinajstić information content (AvgIpc) is 2.33. The number of hydrogen-bond acceptors (Lipinski definition) is 1. The number of benzene rings is 2. The normalized spacial score (nSPS) is 12.5. The molecular formula is C15H13Br2FO. The Bertz CT molecular complexity index is 599. The zero-order valence-electron chi connectivity index (χ0n) is 10.3. The lowest BCUT2D eigenvalue weighted by Crippen LogP contribution is -2.03. The van der Waals surface area contributed by atoms with Crippen LogP contribution in [0.5, 0.6) is 0 Å². The molecule has 1 unspecified atom stereocenters. The second-order valence-electron chi connectivity index (χ2n) is 4.49. The van der Waals surface area contributed by atoms with Gasteiger partial charge in [0, 0.05) is 10.9 Å². The molecular weight excluding hydrogens is 375 g/mol. The van der Waals surface area contributed by atoms with E-state index in [1.165, 1.54) is 6.07 Å². The molecule has 0 saturated carbocycles. The molecule has 0 radical (unpaired) electrons. The molecule has 2 aromatic rings. The van der Waals surface area contributed by atoms with Crippen molar-refractivity contribution >= 4 is 31.9 Å². The molecule has 0 bridgehead atoms. The molecule has 0 aliphatic heterocycles. The molecule has 1 atom stereocenters. The molecule has 0 amide bonds. The molecule has 2 aromatic carbocycles. The summed E-state index contributed by atoms with van der Waals surface area (Å²) in [6.45, 7) is 2.00. The van der Waals surface area contributed by atoms with Crippen LogP contribution < -0.4 is 0 Å². The zero-order chi connectivity index (χ0) is 14.0. The van der Waals surface area contributed by atoms with E-state index in [1.54, 1.807) is 12.1 Å². The lowest BCUT2D eigenvalue weighted by Gasteiger charge is -2.14. The van der Waals surface area contributed by atoms with E-state index in [2.05, 4.69) is 31.9 Å². The maximum Gasteiger partial charge on any atom is 0.137 e. The van der Waals surface area contributed by atoms with Crippen molar-refractivity contribution in [2.24, 2.45) is 0 Å². The van der Waals surface area contributed by atoms with E-state index in [9.17, 15) is 9.50 Å². The van der Waals surface area contributed by atoms with Gasteiger partial charge in [0.15, 0.2) is 0 Å². The number of aliphatic hydroxyl groups excluding tert-OH is 1. The number of aryl methyl sites for hydroxylation is 1. The van der Waals surface area contributed by atoms with Gasteiger partial charge in [0.2, 0.25) is 0 Å². The van der Waals surface area contributed by atoms with E-state index in [4.69, 9.17) is 0 Å². The van der Waals surface area contributed by atoms with Crippen LogP contribution in [-0.2, 0) is 6.42 Å². The van der Waals surface area contributed by atoms with Crippen molar-refractivity contribution in [1.82, 2.24) is 0 Å². The van der Waals surface area contributed by atoms with E-state index < -0.39 is 6.10 Å². The van der Waals surface area contributed by atoms with Crippen molar-refractivity contribution in [3.05, 3.63) is 67.9 Å². The maximum atomic E-state index is 13.2. The largest absolute Gasteiger partial charge is 0.388 e. The Morgan fingerprint density at radius 1 is 1.11 bits per heavy atom. The van der Waals surface area contributed by atoms with Crippen LogP contribution in [0, 0.1) is 12.7 Å². The van der Waals surface area contributed by atoms with Gasteiger partial charge in [-0.2, -0.15) is 0 Å². The van der Waals surface area contributed by atoms with Crippen molar-refractivity contribution in [1.29, 1.82) is 0 Å². The second-order valence-corrected chi connectivity index (χ2v) is 6.20. The molecule has 2 rings (SSSR count). The summed E-state index contributed by atoms with van der Waals surface area (Å²) in [6, 6.07) is 10.6. The minimum absolute atomic E-state index is 0.297. The summed E-state index contributed by atoms with van der Waals surface area (Å²) in [5, 5.41) is 10.3. The van der Waals surface area contributed by atoms with E-state index in [1.807, 2.05) is 25.1 Å². The molecule has 19 heavy (non-hydrogen) atoms. The summed E-state index contributed by atoms with van der Waals surface area (Å²) in [5.41, 5.74) is 2.85. The third kappa shape index (κ3) is 3.65. The summed E-state index contributed by atoms with van der Waals surface area (Å²) < 4.78 is 14.5. The number of aliphatic hydroxyl groups is 1. The topological polar surface area (TPSA) is 20.2 Å². The van der Waals surface area contributed by atoms with Crippen LogP contribution in [0.15, 0.2) is 45.3 Å². The fourth-order valence-electron chi connectivity index (χ4n) is 1.90. The SMILES string of the molecule is Cc1ccc(C(O)Cc2ccc(F)c(Br)c2)c(Br)c1. The molecule has 0 aliphatic rings. The highest BCUT2D eigenvalue weighted by Crippen LogP contribution is 2.28. The minimum Gasteiger partial charge on any atom is -0.388 e. The van der Waals surface area contributed by atoms with Crippen LogP contribution in [0.3, 0.4) is 0 Å². The summed E-state index contributed by atoms with van der Waals surface area (Å²) >= 11 is 6.61. The summed E-state index contributed by atoms with van der Waals surface area (Å²) in [6.07, 6.45) is -0.173. The molecule has 0 fully saturated rings. The Kier molecular flexibility index (Phi) is 4.76. The lowest BCUT2D eigenvalue weighted by molar-refractivity contribution is 0.177. The van der Waals surface area contributed by atoms with Gasteiger partial charge in [0.05, 0.1) is 10.6 Å². The average molecular weight is 388 g/mol. The monoisotopic (exact) mass is 386 g/mol. The Morgan fingerprint density at radius 3 is 2.47 bits per heavy atom. The van der Waals surface area contributed by atoms with Gasteiger partial charge in [-0.3, -0.25) is 0 Å². The first-order valence-electron chi connectivity index (χ1n) is 5.85. The Labute approximate surface area is 128 Å². The molecule has 0 aliphatic carbocycles. The smallest absolute Gasteiger partial charge is 0.137 e. The predicted molar refractivity (Wildman–Crippen MR) is 81.6 cm³/mol. The maximum absolute atomic E-state index is 13.2. The predicted octanol–water partition coefficient (Wildman–Crippen LogP) is 4.94. The standard InChI is InChI=1S/C15H13Br2FO/c1-9-2-4-11(12(16)6-9)15(19)8-10-3-5-14(18)13(17)7-10/h2-7,15,19H,8H2,1H3. The van der Waals surface area contributed by atoms with Crippen molar-refractivity contribution in [2.75, 3.05) is 0 Å². The van der Waals surface area contributed by atoms with Gasteiger partial charge in [-0.05, 0) is 57.7 Å². The van der Waals surface area contributed by atoms with Crippen molar-refractivity contribution in [3.8, 4) is 0 Å². The minimum atomic E-state index is -0.618. The van der Waals surface area contributed by atoms with Crippen LogP contribution >= 0.6 is 31.9 Å². The number of hydrogen-bond donors (Lipinski definition) is 1. The fraction of sp³-hybridized carbons (Fsp3) is 0.200. The van der Waals surface area contributed by atoms with Gasteiger partial charge < -0.3 is 5.11 Å². The first-order valence-corrected chi connectivity index (χ1v) is 7.44. The molecule has 0 spiro atoms. The Morgan fingerprint density at radius 2 is 1.84 bits per heavy atom. The first-order chi connectivity index (χ1) is 8.97. The van der Waals surface area contributed by atoms with Crippen LogP contribution in [0.2, 0.25) is 0 Å². The van der Waals surface area contributed by atoms with Gasteiger partial charge in [0.25, 0.3) is 0 Å². The highest BCUT2D eigenvalue weighted by atomic mass is 79.9. The van der Waals surface area contributed by atoms with Gasteiger partial charge >= 0.3 is 0 Å². The molecule has 100 valence electrons.